The zero-order valence-electron chi connectivity index (χ0n) is 8.32. The van der Waals surface area contributed by atoms with E-state index in [4.69, 9.17) is 0 Å². The third-order valence-electron chi connectivity index (χ3n) is 2.52. The lowest BCUT2D eigenvalue weighted by Crippen LogP contribution is -1.95. The minimum absolute atomic E-state index is 0.426. The Morgan fingerprint density at radius 1 is 1.29 bits per heavy atom. The van der Waals surface area contributed by atoms with Gasteiger partial charge in [-0.1, -0.05) is 17.7 Å². The van der Waals surface area contributed by atoms with Crippen molar-refractivity contribution in [3.8, 4) is 0 Å². The quantitative estimate of drug-likeness (QED) is 0.739. The summed E-state index contributed by atoms with van der Waals surface area (Å²) in [5.41, 5.74) is 1.29. The number of rotatable bonds is 2. The van der Waals surface area contributed by atoms with Gasteiger partial charge in [0.15, 0.2) is 0 Å². The molecule has 0 spiro atoms. The van der Waals surface area contributed by atoms with E-state index in [1.54, 1.807) is 0 Å². The van der Waals surface area contributed by atoms with Crippen LogP contribution in [0.1, 0.15) is 24.8 Å². The van der Waals surface area contributed by atoms with E-state index in [0.29, 0.717) is 11.0 Å². The fraction of sp³-hybridized carbons (Fsp3) is 0.417. The van der Waals surface area contributed by atoms with Gasteiger partial charge in [0.05, 0.1) is 0 Å². The Balaban J connectivity index is 1.97. The van der Waals surface area contributed by atoms with Gasteiger partial charge in [0.1, 0.15) is 5.78 Å². The number of thioether (sulfide) groups is 1. The molecular weight excluding hydrogens is 192 g/mol. The van der Waals surface area contributed by atoms with Crippen molar-refractivity contribution in [3.63, 3.8) is 0 Å². The molecule has 1 aromatic carbocycles. The first-order chi connectivity index (χ1) is 6.74. The highest BCUT2D eigenvalue weighted by atomic mass is 32.2. The van der Waals surface area contributed by atoms with E-state index in [9.17, 15) is 4.79 Å². The topological polar surface area (TPSA) is 17.1 Å². The monoisotopic (exact) mass is 206 g/mol. The summed E-state index contributed by atoms with van der Waals surface area (Å²) in [5.74, 6) is 0.426. The molecule has 2 heteroatoms. The first-order valence-corrected chi connectivity index (χ1v) is 5.87. The Bertz CT molecular complexity index is 329. The van der Waals surface area contributed by atoms with Gasteiger partial charge in [-0.3, -0.25) is 4.79 Å². The molecule has 0 saturated heterocycles. The summed E-state index contributed by atoms with van der Waals surface area (Å²) in [7, 11) is 0. The molecule has 1 atom stereocenters. The van der Waals surface area contributed by atoms with Crippen LogP contribution in [-0.4, -0.2) is 11.0 Å². The minimum Gasteiger partial charge on any atom is -0.300 e. The van der Waals surface area contributed by atoms with Gasteiger partial charge >= 0.3 is 0 Å². The Kier molecular flexibility index (Phi) is 2.92. The highest BCUT2D eigenvalue weighted by Crippen LogP contribution is 2.32. The first-order valence-electron chi connectivity index (χ1n) is 4.99. The van der Waals surface area contributed by atoms with Gasteiger partial charge in [-0.2, -0.15) is 0 Å². The lowest BCUT2D eigenvalue weighted by molar-refractivity contribution is -0.117. The zero-order chi connectivity index (χ0) is 9.97. The minimum atomic E-state index is 0.426. The van der Waals surface area contributed by atoms with Crippen molar-refractivity contribution in [3.05, 3.63) is 29.8 Å². The highest BCUT2D eigenvalue weighted by Gasteiger charge is 2.22. The molecule has 1 aliphatic rings. The second-order valence-corrected chi connectivity index (χ2v) is 5.21. The first kappa shape index (κ1) is 9.78. The lowest BCUT2D eigenvalue weighted by Gasteiger charge is -2.07. The SMILES string of the molecule is Cc1ccc(S[C@@H]2CCC(=O)C2)cc1. The summed E-state index contributed by atoms with van der Waals surface area (Å²) in [6.07, 6.45) is 2.60. The molecular formula is C12H14OS. The van der Waals surface area contributed by atoms with Crippen molar-refractivity contribution in [1.29, 1.82) is 0 Å². The second kappa shape index (κ2) is 4.18. The maximum atomic E-state index is 11.1. The molecule has 0 aliphatic heterocycles. The maximum absolute atomic E-state index is 11.1. The normalized spacial score (nSPS) is 21.5. The number of carbonyl (C=O) groups is 1. The van der Waals surface area contributed by atoms with Crippen molar-refractivity contribution >= 4 is 17.5 Å². The van der Waals surface area contributed by atoms with E-state index in [-0.39, 0.29) is 0 Å². The van der Waals surface area contributed by atoms with Crippen LogP contribution in [-0.2, 0) is 4.79 Å². The molecule has 1 nitrogen and oxygen atoms in total. The summed E-state index contributed by atoms with van der Waals surface area (Å²) in [6.45, 7) is 2.09. The van der Waals surface area contributed by atoms with Crippen LogP contribution >= 0.6 is 11.8 Å². The van der Waals surface area contributed by atoms with Crippen LogP contribution in [0.15, 0.2) is 29.2 Å². The molecule has 0 N–H and O–H groups in total. The van der Waals surface area contributed by atoms with Crippen LogP contribution < -0.4 is 0 Å². The molecule has 0 radical (unpaired) electrons. The molecule has 0 bridgehead atoms. The van der Waals surface area contributed by atoms with Crippen LogP contribution in [0.4, 0.5) is 0 Å². The molecule has 0 unspecified atom stereocenters. The third kappa shape index (κ3) is 2.38. The van der Waals surface area contributed by atoms with Crippen LogP contribution in [0.5, 0.6) is 0 Å². The molecule has 0 heterocycles. The molecule has 1 fully saturated rings. The number of ketones is 1. The van der Waals surface area contributed by atoms with Gasteiger partial charge in [-0.25, -0.2) is 0 Å². The number of hydrogen-bond donors (Lipinski definition) is 0. The summed E-state index contributed by atoms with van der Waals surface area (Å²) in [6, 6.07) is 8.53. The smallest absolute Gasteiger partial charge is 0.134 e. The number of hydrogen-bond acceptors (Lipinski definition) is 2. The maximum Gasteiger partial charge on any atom is 0.134 e. The van der Waals surface area contributed by atoms with Crippen LogP contribution in [0, 0.1) is 6.92 Å². The van der Waals surface area contributed by atoms with Gasteiger partial charge in [0.2, 0.25) is 0 Å². The van der Waals surface area contributed by atoms with E-state index < -0.39 is 0 Å². The summed E-state index contributed by atoms with van der Waals surface area (Å²) in [4.78, 5) is 12.4. The van der Waals surface area contributed by atoms with Gasteiger partial charge in [0, 0.05) is 23.0 Å². The van der Waals surface area contributed by atoms with Crippen molar-refractivity contribution in [1.82, 2.24) is 0 Å². The number of aryl methyl sites for hydroxylation is 1. The molecule has 0 aromatic heterocycles. The Morgan fingerprint density at radius 3 is 2.57 bits per heavy atom. The average molecular weight is 206 g/mol. The van der Waals surface area contributed by atoms with E-state index in [1.807, 2.05) is 11.8 Å². The van der Waals surface area contributed by atoms with Gasteiger partial charge < -0.3 is 0 Å². The van der Waals surface area contributed by atoms with Crippen molar-refractivity contribution in [2.75, 3.05) is 0 Å². The third-order valence-corrected chi connectivity index (χ3v) is 3.80. The molecule has 2 rings (SSSR count). The Labute approximate surface area is 88.9 Å². The molecule has 74 valence electrons. The average Bonchev–Trinajstić information content (AvgIpc) is 2.56. The summed E-state index contributed by atoms with van der Waals surface area (Å²) >= 11 is 1.84. The summed E-state index contributed by atoms with van der Waals surface area (Å²) < 4.78 is 0. The van der Waals surface area contributed by atoms with Gasteiger partial charge in [0.25, 0.3) is 0 Å². The van der Waals surface area contributed by atoms with Crippen molar-refractivity contribution in [2.24, 2.45) is 0 Å². The predicted octanol–water partition coefficient (Wildman–Crippen LogP) is 3.21. The van der Waals surface area contributed by atoms with E-state index in [0.717, 1.165) is 19.3 Å². The largest absolute Gasteiger partial charge is 0.300 e. The van der Waals surface area contributed by atoms with Crippen LogP contribution in [0.3, 0.4) is 0 Å². The molecule has 1 saturated carbocycles. The second-order valence-electron chi connectivity index (χ2n) is 3.83. The van der Waals surface area contributed by atoms with Gasteiger partial charge in [-0.15, -0.1) is 11.8 Å². The Morgan fingerprint density at radius 2 is 2.00 bits per heavy atom. The molecule has 1 aliphatic carbocycles. The fourth-order valence-corrected chi connectivity index (χ4v) is 2.87. The fourth-order valence-electron chi connectivity index (χ4n) is 1.69. The zero-order valence-corrected chi connectivity index (χ0v) is 9.14. The van der Waals surface area contributed by atoms with Crippen molar-refractivity contribution in [2.45, 2.75) is 36.3 Å². The number of benzene rings is 1. The standard InChI is InChI=1S/C12H14OS/c1-9-2-5-11(6-3-9)14-12-7-4-10(13)8-12/h2-3,5-6,12H,4,7-8H2,1H3/t12-/m1/s1. The van der Waals surface area contributed by atoms with E-state index >= 15 is 0 Å². The van der Waals surface area contributed by atoms with E-state index in [2.05, 4.69) is 31.2 Å². The number of carbonyl (C=O) groups excluding carboxylic acids is 1. The molecule has 1 aromatic rings. The van der Waals surface area contributed by atoms with Gasteiger partial charge in [-0.05, 0) is 25.5 Å². The lowest BCUT2D eigenvalue weighted by atomic mass is 10.2. The molecule has 0 amide bonds. The Hall–Kier alpha value is -0.760. The van der Waals surface area contributed by atoms with Crippen LogP contribution in [0.25, 0.3) is 0 Å². The highest BCUT2D eigenvalue weighted by molar-refractivity contribution is 8.00. The van der Waals surface area contributed by atoms with Crippen LogP contribution in [0.2, 0.25) is 0 Å². The summed E-state index contributed by atoms with van der Waals surface area (Å²) in [5, 5.41) is 0.519. The number of Topliss-reactive ketones (excluding diaryl/α,β-unsaturated/α-hetero) is 1. The van der Waals surface area contributed by atoms with E-state index in [1.165, 1.54) is 10.5 Å². The predicted molar refractivity (Wildman–Crippen MR) is 59.7 cm³/mol. The molecule has 14 heavy (non-hydrogen) atoms. The van der Waals surface area contributed by atoms with Crippen molar-refractivity contribution < 1.29 is 4.79 Å².